The Morgan fingerprint density at radius 2 is 1.97 bits per heavy atom. The number of nitrogens with zero attached hydrogens (tertiary/aromatic N) is 3. The van der Waals surface area contributed by atoms with Crippen molar-refractivity contribution in [2.45, 2.75) is 18.4 Å². The summed E-state index contributed by atoms with van der Waals surface area (Å²) >= 11 is 0. The standard InChI is InChI=1S/C23H28F2N6O/c24-23(25)12-16(13-26-15-23)14-29-22-21-20(27-5-6-28-21)11-19(30-22)17-1-3-18(4-2-17)31-7-9-32-10-8-31/h1-6,11,16,20,26,29-30H,7-10,12-15H2. The van der Waals surface area contributed by atoms with Crippen molar-refractivity contribution in [1.29, 1.82) is 0 Å². The first-order valence-electron chi connectivity index (χ1n) is 11.1. The third-order valence-electron chi connectivity index (χ3n) is 6.17. The molecule has 9 heteroatoms. The Kier molecular flexibility index (Phi) is 5.93. The zero-order valence-corrected chi connectivity index (χ0v) is 17.9. The van der Waals surface area contributed by atoms with Crippen molar-refractivity contribution < 1.29 is 13.5 Å². The molecule has 170 valence electrons. The lowest BCUT2D eigenvalue weighted by Gasteiger charge is -2.32. The molecule has 2 unspecified atom stereocenters. The molecule has 0 aliphatic carbocycles. The third-order valence-corrected chi connectivity index (χ3v) is 6.17. The fourth-order valence-electron chi connectivity index (χ4n) is 4.52. The number of fused-ring (bicyclic) bond motifs is 1. The van der Waals surface area contributed by atoms with Gasteiger partial charge in [-0.2, -0.15) is 0 Å². The van der Waals surface area contributed by atoms with Gasteiger partial charge in [-0.15, -0.1) is 0 Å². The number of hydrogen-bond acceptors (Lipinski definition) is 7. The SMILES string of the molecule is FC1(F)CNCC(CNC2=C3N=CC=NC3C=C(c3ccc(N4CCOCC4)cc3)N2)C1. The molecule has 2 atom stereocenters. The van der Waals surface area contributed by atoms with Crippen molar-refractivity contribution in [2.75, 3.05) is 50.8 Å². The highest BCUT2D eigenvalue weighted by atomic mass is 19.3. The summed E-state index contributed by atoms with van der Waals surface area (Å²) in [7, 11) is 0. The molecule has 2 fully saturated rings. The van der Waals surface area contributed by atoms with Crippen molar-refractivity contribution in [1.82, 2.24) is 16.0 Å². The Balaban J connectivity index is 1.30. The number of aliphatic imine (C=N–C) groups is 2. The molecular weight excluding hydrogens is 414 g/mol. The number of piperidine rings is 1. The zero-order chi connectivity index (χ0) is 22.0. The van der Waals surface area contributed by atoms with E-state index < -0.39 is 5.92 Å². The van der Waals surface area contributed by atoms with Gasteiger partial charge in [-0.1, -0.05) is 12.1 Å². The molecule has 4 heterocycles. The summed E-state index contributed by atoms with van der Waals surface area (Å²) in [6.45, 7) is 4.05. The summed E-state index contributed by atoms with van der Waals surface area (Å²) in [5.41, 5.74) is 3.91. The number of nitrogens with one attached hydrogen (secondary N) is 3. The molecule has 1 aromatic carbocycles. The van der Waals surface area contributed by atoms with E-state index in [-0.39, 0.29) is 24.9 Å². The summed E-state index contributed by atoms with van der Waals surface area (Å²) in [5, 5.41) is 9.60. The first-order chi connectivity index (χ1) is 15.6. The molecular formula is C23H28F2N6O. The maximum Gasteiger partial charge on any atom is 0.260 e. The van der Waals surface area contributed by atoms with Crippen molar-refractivity contribution >= 4 is 23.8 Å². The Labute approximate surface area is 186 Å². The average Bonchev–Trinajstić information content (AvgIpc) is 2.82. The normalized spacial score (nSPS) is 26.9. The molecule has 0 aromatic heterocycles. The Hall–Kier alpha value is -2.78. The van der Waals surface area contributed by atoms with Gasteiger partial charge in [-0.3, -0.25) is 9.98 Å². The highest BCUT2D eigenvalue weighted by Gasteiger charge is 2.36. The quantitative estimate of drug-likeness (QED) is 0.651. The van der Waals surface area contributed by atoms with Crippen LogP contribution in [0, 0.1) is 5.92 Å². The number of dihydropyridines is 1. The van der Waals surface area contributed by atoms with Gasteiger partial charge in [0.25, 0.3) is 5.92 Å². The van der Waals surface area contributed by atoms with Crippen LogP contribution in [0.25, 0.3) is 5.70 Å². The topological polar surface area (TPSA) is 73.3 Å². The molecule has 4 aliphatic heterocycles. The summed E-state index contributed by atoms with van der Waals surface area (Å²) in [4.78, 5) is 11.3. The van der Waals surface area contributed by atoms with Crippen LogP contribution in [0.1, 0.15) is 12.0 Å². The highest BCUT2D eigenvalue weighted by Crippen LogP contribution is 2.29. The van der Waals surface area contributed by atoms with Crippen molar-refractivity contribution in [3.63, 3.8) is 0 Å². The number of alkyl halides is 2. The van der Waals surface area contributed by atoms with Crippen LogP contribution in [0.2, 0.25) is 0 Å². The van der Waals surface area contributed by atoms with Crippen molar-refractivity contribution in [2.24, 2.45) is 15.9 Å². The smallest absolute Gasteiger partial charge is 0.260 e. The molecule has 0 bridgehead atoms. The summed E-state index contributed by atoms with van der Waals surface area (Å²) in [6.07, 6.45) is 5.28. The molecule has 4 aliphatic rings. The van der Waals surface area contributed by atoms with Gasteiger partial charge in [0.1, 0.15) is 17.6 Å². The van der Waals surface area contributed by atoms with E-state index >= 15 is 0 Å². The number of ether oxygens (including phenoxy) is 1. The average molecular weight is 443 g/mol. The first kappa shape index (κ1) is 21.1. The van der Waals surface area contributed by atoms with Crippen LogP contribution in [-0.2, 0) is 4.74 Å². The van der Waals surface area contributed by atoms with E-state index in [1.807, 2.05) is 6.08 Å². The van der Waals surface area contributed by atoms with E-state index in [9.17, 15) is 8.78 Å². The molecule has 1 aromatic rings. The fraction of sp³-hybridized carbons (Fsp3) is 0.478. The lowest BCUT2D eigenvalue weighted by atomic mass is 9.96. The minimum Gasteiger partial charge on any atom is -0.378 e. The molecule has 5 rings (SSSR count). The summed E-state index contributed by atoms with van der Waals surface area (Å²) in [6, 6.07) is 8.21. The van der Waals surface area contributed by atoms with Gasteiger partial charge in [-0.05, 0) is 29.7 Å². The second-order valence-electron chi connectivity index (χ2n) is 8.57. The molecule has 32 heavy (non-hydrogen) atoms. The number of morpholine rings is 1. The Morgan fingerprint density at radius 3 is 2.75 bits per heavy atom. The van der Waals surface area contributed by atoms with E-state index in [1.54, 1.807) is 12.4 Å². The van der Waals surface area contributed by atoms with Crippen LogP contribution >= 0.6 is 0 Å². The van der Waals surface area contributed by atoms with Crippen LogP contribution in [0.5, 0.6) is 0 Å². The molecule has 0 radical (unpaired) electrons. The second kappa shape index (κ2) is 8.99. The number of halogens is 2. The predicted molar refractivity (Wildman–Crippen MR) is 122 cm³/mol. The lowest BCUT2D eigenvalue weighted by molar-refractivity contribution is -0.0385. The maximum atomic E-state index is 13.8. The first-order valence-corrected chi connectivity index (χ1v) is 11.1. The van der Waals surface area contributed by atoms with Crippen LogP contribution in [0.4, 0.5) is 14.5 Å². The summed E-state index contributed by atoms with van der Waals surface area (Å²) in [5.74, 6) is -2.09. The van der Waals surface area contributed by atoms with Gasteiger partial charge in [0.05, 0.1) is 19.8 Å². The molecule has 7 nitrogen and oxygen atoms in total. The molecule has 0 saturated carbocycles. The van der Waals surface area contributed by atoms with Gasteiger partial charge < -0.3 is 25.6 Å². The van der Waals surface area contributed by atoms with Gasteiger partial charge in [-0.25, -0.2) is 8.78 Å². The van der Waals surface area contributed by atoms with Gasteiger partial charge in [0, 0.05) is 56.4 Å². The van der Waals surface area contributed by atoms with Crippen LogP contribution in [0.15, 0.2) is 51.8 Å². The molecule has 2 saturated heterocycles. The van der Waals surface area contributed by atoms with E-state index in [4.69, 9.17) is 4.74 Å². The Bertz CT molecular complexity index is 950. The predicted octanol–water partition coefficient (Wildman–Crippen LogP) is 1.99. The number of hydrogen-bond donors (Lipinski definition) is 3. The van der Waals surface area contributed by atoms with Gasteiger partial charge in [0.2, 0.25) is 0 Å². The fourth-order valence-corrected chi connectivity index (χ4v) is 4.52. The minimum absolute atomic E-state index is 0.119. The zero-order valence-electron chi connectivity index (χ0n) is 17.9. The lowest BCUT2D eigenvalue weighted by Crippen LogP contribution is -2.47. The third kappa shape index (κ3) is 4.68. The molecule has 0 spiro atoms. The summed E-state index contributed by atoms with van der Waals surface area (Å²) < 4.78 is 33.0. The van der Waals surface area contributed by atoms with Crippen LogP contribution in [0.3, 0.4) is 0 Å². The van der Waals surface area contributed by atoms with Gasteiger partial charge in [0.15, 0.2) is 0 Å². The highest BCUT2D eigenvalue weighted by molar-refractivity contribution is 6.17. The number of benzene rings is 1. The van der Waals surface area contributed by atoms with Crippen LogP contribution in [-0.4, -0.2) is 70.3 Å². The van der Waals surface area contributed by atoms with E-state index in [1.165, 1.54) is 5.69 Å². The largest absolute Gasteiger partial charge is 0.378 e. The van der Waals surface area contributed by atoms with Gasteiger partial charge >= 0.3 is 0 Å². The van der Waals surface area contributed by atoms with E-state index in [0.717, 1.165) is 49.1 Å². The maximum absolute atomic E-state index is 13.8. The minimum atomic E-state index is -2.66. The number of anilines is 1. The monoisotopic (exact) mass is 442 g/mol. The Morgan fingerprint density at radius 1 is 1.16 bits per heavy atom. The molecule has 3 N–H and O–H groups in total. The van der Waals surface area contributed by atoms with E-state index in [0.29, 0.717) is 13.1 Å². The van der Waals surface area contributed by atoms with E-state index in [2.05, 4.69) is 55.1 Å². The van der Waals surface area contributed by atoms with Crippen LogP contribution < -0.4 is 20.9 Å². The second-order valence-corrected chi connectivity index (χ2v) is 8.57. The molecule has 0 amide bonds. The van der Waals surface area contributed by atoms with Crippen molar-refractivity contribution in [3.8, 4) is 0 Å². The number of rotatable bonds is 5. The van der Waals surface area contributed by atoms with Crippen molar-refractivity contribution in [3.05, 3.63) is 47.4 Å².